The zero-order valence-corrected chi connectivity index (χ0v) is 12.4. The summed E-state index contributed by atoms with van der Waals surface area (Å²) in [6.45, 7) is 3.52. The minimum atomic E-state index is 0.383. The van der Waals surface area contributed by atoms with Gasteiger partial charge in [-0.3, -0.25) is 0 Å². The number of nitrogens with zero attached hydrogens (tertiary/aromatic N) is 2. The largest absolute Gasteiger partial charge is 0.378 e. The van der Waals surface area contributed by atoms with E-state index in [1.807, 2.05) is 12.1 Å². The quantitative estimate of drug-likeness (QED) is 0.858. The van der Waals surface area contributed by atoms with Crippen molar-refractivity contribution in [3.05, 3.63) is 36.4 Å². The van der Waals surface area contributed by atoms with E-state index in [1.54, 1.807) is 0 Å². The summed E-state index contributed by atoms with van der Waals surface area (Å²) in [6, 6.07) is 12.5. The van der Waals surface area contributed by atoms with E-state index in [9.17, 15) is 0 Å². The van der Waals surface area contributed by atoms with Gasteiger partial charge in [0.15, 0.2) is 0 Å². The van der Waals surface area contributed by atoms with Gasteiger partial charge in [-0.05, 0) is 44.0 Å². The fraction of sp³-hybridized carbons (Fsp3) is 0.471. The van der Waals surface area contributed by atoms with Crippen LogP contribution in [-0.2, 0) is 4.74 Å². The van der Waals surface area contributed by atoms with E-state index in [2.05, 4.69) is 29.2 Å². The summed E-state index contributed by atoms with van der Waals surface area (Å²) in [5, 5.41) is 1.20. The molecule has 21 heavy (non-hydrogen) atoms. The number of ether oxygens (including phenoxy) is 1. The van der Waals surface area contributed by atoms with Crippen LogP contribution in [0, 0.1) is 0 Å². The Kier molecular flexibility index (Phi) is 4.68. The van der Waals surface area contributed by atoms with Crippen LogP contribution in [0.25, 0.3) is 10.9 Å². The van der Waals surface area contributed by atoms with Gasteiger partial charge in [-0.2, -0.15) is 0 Å². The van der Waals surface area contributed by atoms with Crippen LogP contribution in [0.2, 0.25) is 0 Å². The second kappa shape index (κ2) is 6.87. The highest BCUT2D eigenvalue weighted by Crippen LogP contribution is 2.22. The van der Waals surface area contributed by atoms with E-state index in [1.165, 1.54) is 5.39 Å². The molecule has 0 amide bonds. The molecule has 1 aliphatic heterocycles. The maximum absolute atomic E-state index is 5.85. The number of nitrogens with two attached hydrogens (primary N) is 1. The highest BCUT2D eigenvalue weighted by Gasteiger charge is 2.20. The number of para-hydroxylation sites is 1. The van der Waals surface area contributed by atoms with E-state index in [0.29, 0.717) is 12.6 Å². The van der Waals surface area contributed by atoms with Crippen LogP contribution in [0.4, 0.5) is 5.82 Å². The van der Waals surface area contributed by atoms with E-state index >= 15 is 0 Å². The molecular weight excluding hydrogens is 262 g/mol. The number of benzene rings is 1. The summed E-state index contributed by atoms with van der Waals surface area (Å²) in [6.07, 6.45) is 3.47. The Bertz CT molecular complexity index is 579. The number of hydrogen-bond acceptors (Lipinski definition) is 4. The number of piperidine rings is 1. The predicted molar refractivity (Wildman–Crippen MR) is 86.6 cm³/mol. The van der Waals surface area contributed by atoms with Gasteiger partial charge in [0.05, 0.1) is 11.6 Å². The van der Waals surface area contributed by atoms with Crippen molar-refractivity contribution in [2.24, 2.45) is 5.73 Å². The third-order valence-corrected chi connectivity index (χ3v) is 4.05. The van der Waals surface area contributed by atoms with Crippen molar-refractivity contribution in [1.29, 1.82) is 0 Å². The van der Waals surface area contributed by atoms with Gasteiger partial charge in [-0.1, -0.05) is 18.2 Å². The predicted octanol–water partition coefficient (Wildman–Crippen LogP) is 2.57. The number of anilines is 1. The lowest BCUT2D eigenvalue weighted by atomic mass is 10.1. The molecule has 0 radical (unpaired) electrons. The molecule has 0 unspecified atom stereocenters. The Hall–Kier alpha value is -1.65. The molecule has 2 heterocycles. The van der Waals surface area contributed by atoms with Crippen molar-refractivity contribution < 1.29 is 4.74 Å². The van der Waals surface area contributed by atoms with Gasteiger partial charge in [0.25, 0.3) is 0 Å². The lowest BCUT2D eigenvalue weighted by Gasteiger charge is -2.32. The van der Waals surface area contributed by atoms with Crippen molar-refractivity contribution in [1.82, 2.24) is 4.98 Å². The number of pyridine rings is 1. The van der Waals surface area contributed by atoms with Gasteiger partial charge >= 0.3 is 0 Å². The van der Waals surface area contributed by atoms with Crippen molar-refractivity contribution >= 4 is 16.7 Å². The maximum Gasteiger partial charge on any atom is 0.129 e. The van der Waals surface area contributed by atoms with E-state index in [4.69, 9.17) is 15.5 Å². The summed E-state index contributed by atoms with van der Waals surface area (Å²) in [4.78, 5) is 7.12. The fourth-order valence-corrected chi connectivity index (χ4v) is 2.82. The molecule has 0 saturated carbocycles. The first-order valence-electron chi connectivity index (χ1n) is 7.79. The molecule has 0 atom stereocenters. The number of aromatic nitrogens is 1. The Balaban J connectivity index is 1.60. The Morgan fingerprint density at radius 1 is 1.14 bits per heavy atom. The zero-order valence-electron chi connectivity index (χ0n) is 12.4. The fourth-order valence-electron chi connectivity index (χ4n) is 2.82. The highest BCUT2D eigenvalue weighted by molar-refractivity contribution is 5.80. The Labute approximate surface area is 125 Å². The first-order chi connectivity index (χ1) is 10.4. The van der Waals surface area contributed by atoms with Crippen LogP contribution in [0.3, 0.4) is 0 Å². The first-order valence-corrected chi connectivity index (χ1v) is 7.79. The summed E-state index contributed by atoms with van der Waals surface area (Å²) in [7, 11) is 0. The van der Waals surface area contributed by atoms with Gasteiger partial charge in [0.1, 0.15) is 5.82 Å². The smallest absolute Gasteiger partial charge is 0.129 e. The first kappa shape index (κ1) is 14.3. The standard InChI is InChI=1S/C17H23N3O/c18-10-3-13-21-15-8-11-20(12-9-15)17-7-6-14-4-1-2-5-16(14)19-17/h1-2,4-7,15H,3,8-13,18H2. The van der Waals surface area contributed by atoms with Gasteiger partial charge in [0, 0.05) is 25.1 Å². The SMILES string of the molecule is NCCCOC1CCN(c2ccc3ccccc3n2)CC1. The molecule has 3 rings (SSSR count). The van der Waals surface area contributed by atoms with Crippen LogP contribution < -0.4 is 10.6 Å². The topological polar surface area (TPSA) is 51.4 Å². The van der Waals surface area contributed by atoms with E-state index in [0.717, 1.165) is 50.3 Å². The summed E-state index contributed by atoms with van der Waals surface area (Å²) in [5.41, 5.74) is 6.56. The molecule has 2 N–H and O–H groups in total. The monoisotopic (exact) mass is 285 g/mol. The number of rotatable bonds is 5. The summed E-state index contributed by atoms with van der Waals surface area (Å²) < 4.78 is 5.85. The molecule has 1 saturated heterocycles. The van der Waals surface area contributed by atoms with Crippen molar-refractivity contribution in [3.63, 3.8) is 0 Å². The van der Waals surface area contributed by atoms with Gasteiger partial charge in [-0.25, -0.2) is 4.98 Å². The average Bonchev–Trinajstić information content (AvgIpc) is 2.55. The van der Waals surface area contributed by atoms with Gasteiger partial charge < -0.3 is 15.4 Å². The lowest BCUT2D eigenvalue weighted by Crippen LogP contribution is -2.37. The van der Waals surface area contributed by atoms with Crippen molar-refractivity contribution in [3.8, 4) is 0 Å². The molecule has 1 aliphatic rings. The third kappa shape index (κ3) is 3.52. The molecule has 0 bridgehead atoms. The van der Waals surface area contributed by atoms with E-state index in [-0.39, 0.29) is 0 Å². The highest BCUT2D eigenvalue weighted by atomic mass is 16.5. The van der Waals surface area contributed by atoms with Crippen LogP contribution in [0.5, 0.6) is 0 Å². The van der Waals surface area contributed by atoms with Crippen LogP contribution >= 0.6 is 0 Å². The zero-order chi connectivity index (χ0) is 14.5. The lowest BCUT2D eigenvalue weighted by molar-refractivity contribution is 0.0365. The van der Waals surface area contributed by atoms with Crippen molar-refractivity contribution in [2.75, 3.05) is 31.1 Å². The minimum absolute atomic E-state index is 0.383. The second-order valence-corrected chi connectivity index (χ2v) is 5.56. The molecule has 1 aromatic heterocycles. The third-order valence-electron chi connectivity index (χ3n) is 4.05. The minimum Gasteiger partial charge on any atom is -0.378 e. The van der Waals surface area contributed by atoms with Crippen molar-refractivity contribution in [2.45, 2.75) is 25.4 Å². The molecule has 4 heteroatoms. The van der Waals surface area contributed by atoms with Crippen LogP contribution in [-0.4, -0.2) is 37.3 Å². The maximum atomic E-state index is 5.85. The number of fused-ring (bicyclic) bond motifs is 1. The van der Waals surface area contributed by atoms with Gasteiger partial charge in [0.2, 0.25) is 0 Å². The Morgan fingerprint density at radius 2 is 1.95 bits per heavy atom. The normalized spacial score (nSPS) is 16.5. The molecule has 2 aromatic rings. The molecular formula is C17H23N3O. The van der Waals surface area contributed by atoms with Crippen LogP contribution in [0.1, 0.15) is 19.3 Å². The molecule has 4 nitrogen and oxygen atoms in total. The Morgan fingerprint density at radius 3 is 2.76 bits per heavy atom. The average molecular weight is 285 g/mol. The second-order valence-electron chi connectivity index (χ2n) is 5.56. The van der Waals surface area contributed by atoms with E-state index < -0.39 is 0 Å². The summed E-state index contributed by atoms with van der Waals surface area (Å²) in [5.74, 6) is 1.08. The van der Waals surface area contributed by atoms with Crippen LogP contribution in [0.15, 0.2) is 36.4 Å². The van der Waals surface area contributed by atoms with Gasteiger partial charge in [-0.15, -0.1) is 0 Å². The number of hydrogen-bond donors (Lipinski definition) is 1. The summed E-state index contributed by atoms with van der Waals surface area (Å²) >= 11 is 0. The molecule has 0 spiro atoms. The molecule has 112 valence electrons. The molecule has 1 fully saturated rings. The molecule has 0 aliphatic carbocycles. The molecule has 1 aromatic carbocycles.